The molecular formula is C15H23FN2O2S. The average Bonchev–Trinajstić information content (AvgIpc) is 2.39. The second-order valence-corrected chi connectivity index (χ2v) is 7.51. The highest BCUT2D eigenvalue weighted by molar-refractivity contribution is 7.89. The van der Waals surface area contributed by atoms with Gasteiger partial charge in [-0.05, 0) is 68.9 Å². The third-order valence-electron chi connectivity index (χ3n) is 4.00. The molecule has 0 aromatic heterocycles. The average molecular weight is 314 g/mol. The van der Waals surface area contributed by atoms with E-state index in [9.17, 15) is 12.8 Å². The van der Waals surface area contributed by atoms with Crippen molar-refractivity contribution < 1.29 is 12.8 Å². The van der Waals surface area contributed by atoms with Crippen LogP contribution in [0.2, 0.25) is 0 Å². The van der Waals surface area contributed by atoms with E-state index >= 15 is 0 Å². The number of hydrogen-bond acceptors (Lipinski definition) is 3. The quantitative estimate of drug-likeness (QED) is 0.870. The van der Waals surface area contributed by atoms with Crippen molar-refractivity contribution in [1.82, 2.24) is 4.90 Å². The number of primary sulfonamides is 1. The minimum atomic E-state index is -3.35. The molecule has 1 aromatic rings. The Kier molecular flexibility index (Phi) is 5.72. The number of piperidine rings is 1. The summed E-state index contributed by atoms with van der Waals surface area (Å²) >= 11 is 0. The monoisotopic (exact) mass is 314 g/mol. The number of hydrogen-bond donors (Lipinski definition) is 1. The third-order valence-corrected chi connectivity index (χ3v) is 4.94. The first kappa shape index (κ1) is 16.4. The summed E-state index contributed by atoms with van der Waals surface area (Å²) in [6, 6.07) is 6.73. The summed E-state index contributed by atoms with van der Waals surface area (Å²) < 4.78 is 35.2. The molecule has 1 aromatic carbocycles. The standard InChI is InChI=1S/C15H23FN2O2S/c16-15-5-1-3-13(11-15)4-2-8-18-9-6-14(7-10-18)12-21(17,19)20/h1,3,5,11,14H,2,4,6-10,12H2,(H2,17,19,20). The molecule has 0 aliphatic carbocycles. The van der Waals surface area contributed by atoms with Gasteiger partial charge in [0.1, 0.15) is 5.82 Å². The highest BCUT2D eigenvalue weighted by Gasteiger charge is 2.22. The van der Waals surface area contributed by atoms with E-state index in [0.717, 1.165) is 50.9 Å². The van der Waals surface area contributed by atoms with Crippen molar-refractivity contribution in [3.05, 3.63) is 35.6 Å². The molecule has 6 heteroatoms. The SMILES string of the molecule is NS(=O)(=O)CC1CCN(CCCc2cccc(F)c2)CC1. The summed E-state index contributed by atoms with van der Waals surface area (Å²) in [6.07, 6.45) is 3.63. The van der Waals surface area contributed by atoms with Gasteiger partial charge in [-0.3, -0.25) is 0 Å². The number of benzene rings is 1. The maximum absolute atomic E-state index is 13.1. The smallest absolute Gasteiger partial charge is 0.209 e. The lowest BCUT2D eigenvalue weighted by atomic mass is 9.98. The Bertz CT molecular complexity index is 555. The first-order chi connectivity index (χ1) is 9.92. The molecule has 0 unspecified atom stereocenters. The van der Waals surface area contributed by atoms with Crippen LogP contribution in [-0.4, -0.2) is 38.7 Å². The van der Waals surface area contributed by atoms with Crippen LogP contribution in [0, 0.1) is 11.7 Å². The number of sulfonamides is 1. The summed E-state index contributed by atoms with van der Waals surface area (Å²) in [5.41, 5.74) is 1.03. The van der Waals surface area contributed by atoms with Crippen LogP contribution in [0.5, 0.6) is 0 Å². The Morgan fingerprint density at radius 1 is 1.29 bits per heavy atom. The molecule has 1 fully saturated rings. The topological polar surface area (TPSA) is 63.4 Å². The first-order valence-corrected chi connectivity index (χ1v) is 9.11. The van der Waals surface area contributed by atoms with Crippen molar-refractivity contribution in [2.24, 2.45) is 11.1 Å². The van der Waals surface area contributed by atoms with Gasteiger partial charge in [0.15, 0.2) is 0 Å². The van der Waals surface area contributed by atoms with E-state index in [4.69, 9.17) is 5.14 Å². The predicted molar refractivity (Wildman–Crippen MR) is 81.9 cm³/mol. The van der Waals surface area contributed by atoms with Crippen molar-refractivity contribution in [2.45, 2.75) is 25.7 Å². The molecule has 0 bridgehead atoms. The number of aryl methyl sites for hydroxylation is 1. The number of nitrogens with two attached hydrogens (primary N) is 1. The first-order valence-electron chi connectivity index (χ1n) is 7.40. The van der Waals surface area contributed by atoms with Crippen LogP contribution < -0.4 is 5.14 Å². The molecule has 1 saturated heterocycles. The van der Waals surface area contributed by atoms with E-state index in [1.807, 2.05) is 6.07 Å². The largest absolute Gasteiger partial charge is 0.303 e. The lowest BCUT2D eigenvalue weighted by molar-refractivity contribution is 0.191. The molecule has 0 amide bonds. The summed E-state index contributed by atoms with van der Waals surface area (Å²) in [6.45, 7) is 2.81. The molecule has 1 heterocycles. The maximum Gasteiger partial charge on any atom is 0.209 e. The van der Waals surface area contributed by atoms with E-state index in [1.54, 1.807) is 12.1 Å². The molecule has 2 N–H and O–H groups in total. The van der Waals surface area contributed by atoms with E-state index in [2.05, 4.69) is 4.90 Å². The van der Waals surface area contributed by atoms with Gasteiger partial charge in [0.05, 0.1) is 5.75 Å². The van der Waals surface area contributed by atoms with Gasteiger partial charge in [-0.15, -0.1) is 0 Å². The van der Waals surface area contributed by atoms with Crippen LogP contribution in [0.15, 0.2) is 24.3 Å². The van der Waals surface area contributed by atoms with Gasteiger partial charge in [0.25, 0.3) is 0 Å². The Balaban J connectivity index is 1.67. The normalized spacial score (nSPS) is 18.0. The Morgan fingerprint density at radius 2 is 2.00 bits per heavy atom. The minimum absolute atomic E-state index is 0.101. The summed E-state index contributed by atoms with van der Waals surface area (Å²) in [4.78, 5) is 2.35. The zero-order valence-electron chi connectivity index (χ0n) is 12.2. The lowest BCUT2D eigenvalue weighted by Gasteiger charge is -2.31. The summed E-state index contributed by atoms with van der Waals surface area (Å²) in [7, 11) is -3.35. The van der Waals surface area contributed by atoms with Gasteiger partial charge in [-0.2, -0.15) is 0 Å². The van der Waals surface area contributed by atoms with Crippen molar-refractivity contribution in [3.63, 3.8) is 0 Å². The van der Waals surface area contributed by atoms with E-state index < -0.39 is 10.0 Å². The van der Waals surface area contributed by atoms with Crippen LogP contribution in [0.25, 0.3) is 0 Å². The molecule has 0 saturated carbocycles. The van der Waals surface area contributed by atoms with Crippen LogP contribution in [-0.2, 0) is 16.4 Å². The van der Waals surface area contributed by atoms with Crippen LogP contribution in [0.4, 0.5) is 4.39 Å². The van der Waals surface area contributed by atoms with Crippen LogP contribution in [0.1, 0.15) is 24.8 Å². The second kappa shape index (κ2) is 7.33. The molecule has 0 atom stereocenters. The molecular weight excluding hydrogens is 291 g/mol. The van der Waals surface area contributed by atoms with Crippen molar-refractivity contribution in [1.29, 1.82) is 0 Å². The zero-order chi connectivity index (χ0) is 15.3. The highest BCUT2D eigenvalue weighted by Crippen LogP contribution is 2.18. The molecule has 2 rings (SSSR count). The molecule has 1 aliphatic heterocycles. The molecule has 4 nitrogen and oxygen atoms in total. The number of likely N-dealkylation sites (tertiary alicyclic amines) is 1. The van der Waals surface area contributed by atoms with Gasteiger partial charge in [0.2, 0.25) is 10.0 Å². The molecule has 1 aliphatic rings. The fourth-order valence-corrected chi connectivity index (χ4v) is 3.89. The fraction of sp³-hybridized carbons (Fsp3) is 0.600. The van der Waals surface area contributed by atoms with E-state index in [0.29, 0.717) is 0 Å². The molecule has 21 heavy (non-hydrogen) atoms. The highest BCUT2D eigenvalue weighted by atomic mass is 32.2. The van der Waals surface area contributed by atoms with Crippen molar-refractivity contribution in [2.75, 3.05) is 25.4 Å². The fourth-order valence-electron chi connectivity index (χ4n) is 2.90. The molecule has 0 radical (unpaired) electrons. The van der Waals surface area contributed by atoms with Crippen molar-refractivity contribution in [3.8, 4) is 0 Å². The lowest BCUT2D eigenvalue weighted by Crippen LogP contribution is -2.37. The third kappa shape index (κ3) is 6.11. The van der Waals surface area contributed by atoms with Gasteiger partial charge < -0.3 is 4.90 Å². The van der Waals surface area contributed by atoms with E-state index in [1.165, 1.54) is 6.07 Å². The number of rotatable bonds is 6. The zero-order valence-corrected chi connectivity index (χ0v) is 13.0. The molecule has 0 spiro atoms. The molecule has 118 valence electrons. The summed E-state index contributed by atoms with van der Waals surface area (Å²) in [5.74, 6) is 0.111. The number of halogens is 1. The Morgan fingerprint density at radius 3 is 2.62 bits per heavy atom. The Labute approximate surface area is 126 Å². The van der Waals surface area contributed by atoms with E-state index in [-0.39, 0.29) is 17.5 Å². The second-order valence-electron chi connectivity index (χ2n) is 5.85. The van der Waals surface area contributed by atoms with Gasteiger partial charge in [-0.25, -0.2) is 17.9 Å². The maximum atomic E-state index is 13.1. The number of nitrogens with zero attached hydrogens (tertiary/aromatic N) is 1. The van der Waals surface area contributed by atoms with Crippen LogP contribution >= 0.6 is 0 Å². The van der Waals surface area contributed by atoms with Gasteiger partial charge in [0, 0.05) is 0 Å². The Hall–Kier alpha value is -0.980. The van der Waals surface area contributed by atoms with Crippen molar-refractivity contribution >= 4 is 10.0 Å². The summed E-state index contributed by atoms with van der Waals surface area (Å²) in [5, 5.41) is 5.09. The minimum Gasteiger partial charge on any atom is -0.303 e. The van der Waals surface area contributed by atoms with Crippen LogP contribution in [0.3, 0.4) is 0 Å². The predicted octanol–water partition coefficient (Wildman–Crippen LogP) is 1.76. The van der Waals surface area contributed by atoms with Gasteiger partial charge >= 0.3 is 0 Å². The van der Waals surface area contributed by atoms with Gasteiger partial charge in [-0.1, -0.05) is 12.1 Å².